The normalized spacial score (nSPS) is 13.9. The van der Waals surface area contributed by atoms with Gasteiger partial charge in [0.05, 0.1) is 6.54 Å². The van der Waals surface area contributed by atoms with E-state index in [0.717, 1.165) is 11.3 Å². The van der Waals surface area contributed by atoms with Crippen LogP contribution in [-0.4, -0.2) is 89.9 Å². The van der Waals surface area contributed by atoms with Gasteiger partial charge in [0.25, 0.3) is 5.91 Å². The molecule has 222 valence electrons. The maximum Gasteiger partial charge on any atom is 0.410 e. The predicted octanol–water partition coefficient (Wildman–Crippen LogP) is 3.61. The Bertz CT molecular complexity index is 1250. The molecule has 0 bridgehead atoms. The van der Waals surface area contributed by atoms with Gasteiger partial charge in [-0.25, -0.2) is 9.80 Å². The minimum Gasteiger partial charge on any atom is -0.454 e. The monoisotopic (exact) mass is 567 g/mol. The van der Waals surface area contributed by atoms with Crippen molar-refractivity contribution in [3.8, 4) is 11.5 Å². The molecule has 11 heteroatoms. The molecule has 2 heterocycles. The van der Waals surface area contributed by atoms with Crippen molar-refractivity contribution >= 4 is 23.6 Å². The van der Waals surface area contributed by atoms with Crippen molar-refractivity contribution in [1.29, 1.82) is 0 Å². The lowest BCUT2D eigenvalue weighted by Gasteiger charge is -2.32. The first-order valence-corrected chi connectivity index (χ1v) is 13.9. The van der Waals surface area contributed by atoms with E-state index >= 15 is 0 Å². The van der Waals surface area contributed by atoms with Gasteiger partial charge >= 0.3 is 6.09 Å². The van der Waals surface area contributed by atoms with Gasteiger partial charge < -0.3 is 29.3 Å². The van der Waals surface area contributed by atoms with Crippen LogP contribution in [0.2, 0.25) is 0 Å². The van der Waals surface area contributed by atoms with Gasteiger partial charge in [-0.15, -0.1) is 0 Å². The number of hydrogen-bond donors (Lipinski definition) is 1. The fourth-order valence-corrected chi connectivity index (χ4v) is 4.71. The Labute approximate surface area is 241 Å². The van der Waals surface area contributed by atoms with E-state index in [2.05, 4.69) is 17.4 Å². The summed E-state index contributed by atoms with van der Waals surface area (Å²) in [5.74, 6) is 0.793. The lowest BCUT2D eigenvalue weighted by molar-refractivity contribution is -0.151. The lowest BCUT2D eigenvalue weighted by atomic mass is 10.1. The SMILES string of the molecule is CCN(CCN(CC(=O)N(C)N1Cc2ccccc2C1)C(=O)CNc1cc2c(cc1C)OCO2)C(=O)OC(C)(C)C. The van der Waals surface area contributed by atoms with Gasteiger partial charge in [-0.1, -0.05) is 24.3 Å². The van der Waals surface area contributed by atoms with E-state index in [1.807, 2.05) is 57.8 Å². The second-order valence-electron chi connectivity index (χ2n) is 11.3. The summed E-state index contributed by atoms with van der Waals surface area (Å²) in [5.41, 5.74) is 3.36. The van der Waals surface area contributed by atoms with Gasteiger partial charge in [-0.05, 0) is 57.4 Å². The van der Waals surface area contributed by atoms with Crippen LogP contribution in [-0.2, 0) is 27.4 Å². The highest BCUT2D eigenvalue weighted by molar-refractivity contribution is 5.87. The number of benzene rings is 2. The predicted molar refractivity (Wildman–Crippen MR) is 154 cm³/mol. The number of fused-ring (bicyclic) bond motifs is 2. The van der Waals surface area contributed by atoms with Crippen molar-refractivity contribution in [3.63, 3.8) is 0 Å². The van der Waals surface area contributed by atoms with E-state index in [0.29, 0.717) is 31.1 Å². The van der Waals surface area contributed by atoms with Crippen LogP contribution in [0, 0.1) is 6.92 Å². The molecular formula is C30H41N5O6. The van der Waals surface area contributed by atoms with Crippen molar-refractivity contribution in [2.45, 2.75) is 53.3 Å². The largest absolute Gasteiger partial charge is 0.454 e. The Morgan fingerprint density at radius 3 is 2.20 bits per heavy atom. The van der Waals surface area contributed by atoms with Crippen LogP contribution >= 0.6 is 0 Å². The summed E-state index contributed by atoms with van der Waals surface area (Å²) in [4.78, 5) is 42.7. The third-order valence-corrected chi connectivity index (χ3v) is 7.11. The molecule has 0 aromatic heterocycles. The van der Waals surface area contributed by atoms with Crippen LogP contribution in [0.25, 0.3) is 0 Å². The molecule has 4 rings (SSSR count). The molecule has 2 aromatic carbocycles. The van der Waals surface area contributed by atoms with Crippen LogP contribution in [0.3, 0.4) is 0 Å². The molecule has 0 saturated heterocycles. The number of anilines is 1. The highest BCUT2D eigenvalue weighted by Gasteiger charge is 2.28. The zero-order valence-electron chi connectivity index (χ0n) is 24.9. The van der Waals surface area contributed by atoms with Gasteiger partial charge in [-0.2, -0.15) is 0 Å². The molecule has 2 aliphatic heterocycles. The molecule has 41 heavy (non-hydrogen) atoms. The molecule has 2 aromatic rings. The number of nitrogens with zero attached hydrogens (tertiary/aromatic N) is 4. The molecule has 0 unspecified atom stereocenters. The second-order valence-corrected chi connectivity index (χ2v) is 11.3. The second kappa shape index (κ2) is 12.7. The summed E-state index contributed by atoms with van der Waals surface area (Å²) in [6.07, 6.45) is -0.459. The quantitative estimate of drug-likeness (QED) is 0.465. The number of aryl methyl sites for hydroxylation is 1. The maximum absolute atomic E-state index is 13.5. The van der Waals surface area contributed by atoms with Crippen molar-refractivity contribution in [2.75, 3.05) is 51.9 Å². The maximum atomic E-state index is 13.5. The first kappa shape index (κ1) is 30.0. The molecule has 0 atom stereocenters. The van der Waals surface area contributed by atoms with Gasteiger partial charge in [0.1, 0.15) is 12.1 Å². The minimum atomic E-state index is -0.640. The average molecular weight is 568 g/mol. The Morgan fingerprint density at radius 1 is 0.976 bits per heavy atom. The number of carbonyl (C=O) groups is 3. The summed E-state index contributed by atoms with van der Waals surface area (Å²) in [6.45, 7) is 11.2. The van der Waals surface area contributed by atoms with Gasteiger partial charge in [0.2, 0.25) is 12.7 Å². The fourth-order valence-electron chi connectivity index (χ4n) is 4.71. The van der Waals surface area contributed by atoms with E-state index in [9.17, 15) is 14.4 Å². The van der Waals surface area contributed by atoms with Crippen LogP contribution in [0.4, 0.5) is 10.5 Å². The number of nitrogens with one attached hydrogen (secondary N) is 1. The zero-order chi connectivity index (χ0) is 29.7. The molecule has 0 radical (unpaired) electrons. The van der Waals surface area contributed by atoms with E-state index < -0.39 is 11.7 Å². The van der Waals surface area contributed by atoms with Crippen molar-refractivity contribution < 1.29 is 28.6 Å². The Hall–Kier alpha value is -3.99. The lowest BCUT2D eigenvalue weighted by Crippen LogP contribution is -2.50. The smallest absolute Gasteiger partial charge is 0.410 e. The number of amides is 3. The highest BCUT2D eigenvalue weighted by Crippen LogP contribution is 2.36. The summed E-state index contributed by atoms with van der Waals surface area (Å²) >= 11 is 0. The Kier molecular flexibility index (Phi) is 9.27. The number of hydrogen-bond acceptors (Lipinski definition) is 8. The average Bonchev–Trinajstić information content (AvgIpc) is 3.56. The van der Waals surface area contributed by atoms with Crippen LogP contribution in [0.15, 0.2) is 36.4 Å². The zero-order valence-corrected chi connectivity index (χ0v) is 24.9. The van der Waals surface area contributed by atoms with Crippen molar-refractivity contribution in [3.05, 3.63) is 53.1 Å². The number of hydrazine groups is 1. The van der Waals surface area contributed by atoms with E-state index in [4.69, 9.17) is 14.2 Å². The first-order chi connectivity index (χ1) is 19.4. The summed E-state index contributed by atoms with van der Waals surface area (Å²) in [7, 11) is 1.73. The number of rotatable bonds is 10. The highest BCUT2D eigenvalue weighted by atomic mass is 16.7. The summed E-state index contributed by atoms with van der Waals surface area (Å²) < 4.78 is 16.4. The number of likely N-dealkylation sites (N-methyl/N-ethyl adjacent to an activating group) is 2. The van der Waals surface area contributed by atoms with Crippen LogP contribution in [0.5, 0.6) is 11.5 Å². The minimum absolute atomic E-state index is 0.0365. The summed E-state index contributed by atoms with van der Waals surface area (Å²) in [6, 6.07) is 11.8. The summed E-state index contributed by atoms with van der Waals surface area (Å²) in [5, 5.41) is 6.73. The van der Waals surface area contributed by atoms with Crippen molar-refractivity contribution in [2.24, 2.45) is 0 Å². The van der Waals surface area contributed by atoms with E-state index in [1.54, 1.807) is 18.1 Å². The Morgan fingerprint density at radius 2 is 1.59 bits per heavy atom. The fraction of sp³-hybridized carbons (Fsp3) is 0.500. The number of ether oxygens (including phenoxy) is 3. The van der Waals surface area contributed by atoms with Gasteiger partial charge in [-0.3, -0.25) is 14.6 Å². The first-order valence-electron chi connectivity index (χ1n) is 13.9. The molecule has 1 N–H and O–H groups in total. The van der Waals surface area contributed by atoms with E-state index in [1.165, 1.54) is 20.9 Å². The molecule has 0 spiro atoms. The molecule has 2 aliphatic rings. The molecule has 0 saturated carbocycles. The third kappa shape index (κ3) is 7.60. The molecular weight excluding hydrogens is 526 g/mol. The topological polar surface area (TPSA) is 104 Å². The van der Waals surface area contributed by atoms with Crippen LogP contribution in [0.1, 0.15) is 44.4 Å². The van der Waals surface area contributed by atoms with Crippen LogP contribution < -0.4 is 14.8 Å². The molecule has 0 aliphatic carbocycles. The van der Waals surface area contributed by atoms with Gasteiger partial charge in [0.15, 0.2) is 11.5 Å². The number of carbonyl (C=O) groups excluding carboxylic acids is 3. The van der Waals surface area contributed by atoms with Gasteiger partial charge in [0, 0.05) is 51.5 Å². The molecule has 3 amide bonds. The molecule has 11 nitrogen and oxygen atoms in total. The van der Waals surface area contributed by atoms with Crippen molar-refractivity contribution in [1.82, 2.24) is 19.8 Å². The third-order valence-electron chi connectivity index (χ3n) is 7.11. The Balaban J connectivity index is 1.43. The van der Waals surface area contributed by atoms with E-state index in [-0.39, 0.29) is 44.8 Å². The molecule has 0 fully saturated rings. The standard InChI is InChI=1S/C30H41N5O6/c1-7-33(29(38)41-30(3,4)5)12-13-34(19-28(37)32(6)35-17-22-10-8-9-11-23(22)18-35)27(36)16-31-24-15-26-25(14-21(24)2)39-20-40-26/h8-11,14-15,31H,7,12-13,16-20H2,1-6H3.